The first-order valence-electron chi connectivity index (χ1n) is 4.60. The van der Waals surface area contributed by atoms with Crippen molar-refractivity contribution >= 4 is 10.2 Å². The molecule has 0 amide bonds. The zero-order valence-corrected chi connectivity index (χ0v) is 10.0. The Labute approximate surface area is 86.3 Å². The van der Waals surface area contributed by atoms with Crippen molar-refractivity contribution in [3.8, 4) is 0 Å². The Morgan fingerprint density at radius 3 is 2.14 bits per heavy atom. The third-order valence-corrected chi connectivity index (χ3v) is 3.37. The summed E-state index contributed by atoms with van der Waals surface area (Å²) >= 11 is 0. The third kappa shape index (κ3) is 4.90. The molecular weight excluding hydrogens is 204 g/mol. The summed E-state index contributed by atoms with van der Waals surface area (Å²) in [5, 5.41) is 8.97. The van der Waals surface area contributed by atoms with Crippen LogP contribution in [-0.4, -0.2) is 44.6 Å². The van der Waals surface area contributed by atoms with Gasteiger partial charge in [-0.1, -0.05) is 13.8 Å². The van der Waals surface area contributed by atoms with Crippen LogP contribution < -0.4 is 4.72 Å². The molecule has 6 heteroatoms. The molecule has 0 bridgehead atoms. The van der Waals surface area contributed by atoms with E-state index in [1.165, 1.54) is 14.1 Å². The molecular formula is C8H20N2O3S. The van der Waals surface area contributed by atoms with Gasteiger partial charge in [0.05, 0.1) is 6.61 Å². The summed E-state index contributed by atoms with van der Waals surface area (Å²) in [6, 6.07) is -0.401. The second-order valence-corrected chi connectivity index (χ2v) is 5.83. The molecule has 0 aromatic rings. The van der Waals surface area contributed by atoms with Gasteiger partial charge in [0.15, 0.2) is 0 Å². The first-order chi connectivity index (χ1) is 6.29. The van der Waals surface area contributed by atoms with E-state index in [2.05, 4.69) is 4.72 Å². The van der Waals surface area contributed by atoms with E-state index in [4.69, 9.17) is 5.11 Å². The Morgan fingerprint density at radius 1 is 1.36 bits per heavy atom. The normalized spacial score (nSPS) is 15.1. The largest absolute Gasteiger partial charge is 0.395 e. The molecule has 0 aromatic carbocycles. The molecule has 0 aliphatic rings. The summed E-state index contributed by atoms with van der Waals surface area (Å²) in [6.45, 7) is 3.78. The van der Waals surface area contributed by atoms with Gasteiger partial charge in [0.25, 0.3) is 10.2 Å². The van der Waals surface area contributed by atoms with E-state index in [1.807, 2.05) is 13.8 Å². The van der Waals surface area contributed by atoms with E-state index in [9.17, 15) is 8.42 Å². The van der Waals surface area contributed by atoms with Gasteiger partial charge in [0.2, 0.25) is 0 Å². The van der Waals surface area contributed by atoms with Crippen LogP contribution in [0.15, 0.2) is 0 Å². The minimum Gasteiger partial charge on any atom is -0.395 e. The van der Waals surface area contributed by atoms with Crippen molar-refractivity contribution in [3.63, 3.8) is 0 Å². The van der Waals surface area contributed by atoms with Gasteiger partial charge in [-0.05, 0) is 12.3 Å². The first kappa shape index (κ1) is 13.8. The molecule has 0 saturated carbocycles. The summed E-state index contributed by atoms with van der Waals surface area (Å²) in [5.41, 5.74) is 0. The van der Waals surface area contributed by atoms with Gasteiger partial charge < -0.3 is 5.11 Å². The second-order valence-electron chi connectivity index (χ2n) is 3.91. The van der Waals surface area contributed by atoms with Crippen LogP contribution >= 0.6 is 0 Å². The molecule has 1 unspecified atom stereocenters. The lowest BCUT2D eigenvalue weighted by atomic mass is 10.1. The summed E-state index contributed by atoms with van der Waals surface area (Å²) in [7, 11) is -0.531. The first-order valence-corrected chi connectivity index (χ1v) is 6.04. The molecule has 0 aromatic heterocycles. The van der Waals surface area contributed by atoms with E-state index in [-0.39, 0.29) is 6.61 Å². The van der Waals surface area contributed by atoms with Crippen molar-refractivity contribution < 1.29 is 13.5 Å². The molecule has 0 fully saturated rings. The molecule has 2 N–H and O–H groups in total. The van der Waals surface area contributed by atoms with E-state index in [1.54, 1.807) is 0 Å². The molecule has 14 heavy (non-hydrogen) atoms. The Balaban J connectivity index is 4.32. The number of hydrogen-bond donors (Lipinski definition) is 2. The standard InChI is InChI=1S/C8H20N2O3S/c1-7(2)5-8(6-11)9-14(12,13)10(3)4/h7-9,11H,5-6H2,1-4H3. The molecule has 1 atom stereocenters. The molecule has 0 heterocycles. The highest BCUT2D eigenvalue weighted by Crippen LogP contribution is 2.05. The average Bonchev–Trinajstić information content (AvgIpc) is 2.01. The Bertz CT molecular complexity index is 249. The second kappa shape index (κ2) is 5.65. The van der Waals surface area contributed by atoms with Crippen molar-refractivity contribution in [1.82, 2.24) is 9.03 Å². The smallest absolute Gasteiger partial charge is 0.279 e. The van der Waals surface area contributed by atoms with E-state index in [0.29, 0.717) is 12.3 Å². The van der Waals surface area contributed by atoms with Gasteiger partial charge in [0, 0.05) is 20.1 Å². The topological polar surface area (TPSA) is 69.6 Å². The molecule has 0 radical (unpaired) electrons. The van der Waals surface area contributed by atoms with Crippen LogP contribution in [0.25, 0.3) is 0 Å². The van der Waals surface area contributed by atoms with Crippen molar-refractivity contribution in [1.29, 1.82) is 0 Å². The van der Waals surface area contributed by atoms with Crippen molar-refractivity contribution in [2.24, 2.45) is 5.92 Å². The summed E-state index contributed by atoms with van der Waals surface area (Å²) in [4.78, 5) is 0. The van der Waals surface area contributed by atoms with Crippen molar-refractivity contribution in [2.45, 2.75) is 26.3 Å². The van der Waals surface area contributed by atoms with Gasteiger partial charge >= 0.3 is 0 Å². The van der Waals surface area contributed by atoms with Crippen LogP contribution in [0.1, 0.15) is 20.3 Å². The molecule has 0 spiro atoms. The Hall–Kier alpha value is -0.170. The minimum atomic E-state index is -3.43. The lowest BCUT2D eigenvalue weighted by Gasteiger charge is -2.20. The molecule has 0 aliphatic carbocycles. The highest BCUT2D eigenvalue weighted by molar-refractivity contribution is 7.87. The van der Waals surface area contributed by atoms with Crippen molar-refractivity contribution in [3.05, 3.63) is 0 Å². The Morgan fingerprint density at radius 2 is 1.86 bits per heavy atom. The van der Waals surface area contributed by atoms with Gasteiger partial charge in [-0.3, -0.25) is 0 Å². The zero-order chi connectivity index (χ0) is 11.4. The van der Waals surface area contributed by atoms with Crippen LogP contribution in [0.3, 0.4) is 0 Å². The monoisotopic (exact) mass is 224 g/mol. The SMILES string of the molecule is CC(C)CC(CO)NS(=O)(=O)N(C)C. The van der Waals surface area contributed by atoms with Crippen molar-refractivity contribution in [2.75, 3.05) is 20.7 Å². The van der Waals surface area contributed by atoms with Gasteiger partial charge in [-0.2, -0.15) is 17.4 Å². The fourth-order valence-corrected chi connectivity index (χ4v) is 1.85. The van der Waals surface area contributed by atoms with Crippen LogP contribution in [0.4, 0.5) is 0 Å². The van der Waals surface area contributed by atoms with Crippen LogP contribution in [0, 0.1) is 5.92 Å². The summed E-state index contributed by atoms with van der Waals surface area (Å²) in [5.74, 6) is 0.344. The highest BCUT2D eigenvalue weighted by atomic mass is 32.2. The van der Waals surface area contributed by atoms with Gasteiger partial charge in [-0.15, -0.1) is 0 Å². The summed E-state index contributed by atoms with van der Waals surface area (Å²) in [6.07, 6.45) is 0.629. The molecule has 0 rings (SSSR count). The summed E-state index contributed by atoms with van der Waals surface area (Å²) < 4.78 is 26.3. The van der Waals surface area contributed by atoms with E-state index >= 15 is 0 Å². The predicted molar refractivity (Wildman–Crippen MR) is 56.1 cm³/mol. The number of nitrogens with zero attached hydrogens (tertiary/aromatic N) is 1. The lowest BCUT2D eigenvalue weighted by Crippen LogP contribution is -2.44. The third-order valence-electron chi connectivity index (χ3n) is 1.77. The number of aliphatic hydroxyl groups excluding tert-OH is 1. The maximum atomic E-state index is 11.4. The lowest BCUT2D eigenvalue weighted by molar-refractivity contribution is 0.238. The minimum absolute atomic E-state index is 0.175. The van der Waals surface area contributed by atoms with Crippen LogP contribution in [-0.2, 0) is 10.2 Å². The van der Waals surface area contributed by atoms with Crippen LogP contribution in [0.2, 0.25) is 0 Å². The maximum Gasteiger partial charge on any atom is 0.279 e. The molecule has 86 valence electrons. The van der Waals surface area contributed by atoms with E-state index < -0.39 is 16.3 Å². The maximum absolute atomic E-state index is 11.4. The number of nitrogens with one attached hydrogen (secondary N) is 1. The number of hydrogen-bond acceptors (Lipinski definition) is 3. The average molecular weight is 224 g/mol. The Kier molecular flexibility index (Phi) is 5.58. The molecule has 0 saturated heterocycles. The number of rotatable bonds is 6. The van der Waals surface area contributed by atoms with Gasteiger partial charge in [0.1, 0.15) is 0 Å². The zero-order valence-electron chi connectivity index (χ0n) is 9.19. The highest BCUT2D eigenvalue weighted by Gasteiger charge is 2.19. The van der Waals surface area contributed by atoms with E-state index in [0.717, 1.165) is 4.31 Å². The quantitative estimate of drug-likeness (QED) is 0.656. The predicted octanol–water partition coefficient (Wildman–Crippen LogP) is -0.211. The fraction of sp³-hybridized carbons (Fsp3) is 1.00. The van der Waals surface area contributed by atoms with Gasteiger partial charge in [-0.25, -0.2) is 0 Å². The fourth-order valence-electron chi connectivity index (χ4n) is 1.04. The number of aliphatic hydroxyl groups is 1. The molecule has 0 aliphatic heterocycles. The molecule has 5 nitrogen and oxygen atoms in total. The van der Waals surface area contributed by atoms with Crippen LogP contribution in [0.5, 0.6) is 0 Å².